The van der Waals surface area contributed by atoms with Crippen LogP contribution in [0.15, 0.2) is 24.3 Å². The molecule has 1 aromatic carbocycles. The molecule has 0 saturated carbocycles. The number of hydrogen-bond acceptors (Lipinski definition) is 3. The van der Waals surface area contributed by atoms with Crippen LogP contribution >= 0.6 is 0 Å². The van der Waals surface area contributed by atoms with E-state index in [4.69, 9.17) is 0 Å². The molecule has 1 aliphatic heterocycles. The Morgan fingerprint density at radius 2 is 2.00 bits per heavy atom. The summed E-state index contributed by atoms with van der Waals surface area (Å²) in [6.45, 7) is 1.97. The molecule has 1 aliphatic rings. The average molecular weight is 271 g/mol. The highest BCUT2D eigenvalue weighted by molar-refractivity contribution is 7.91. The summed E-state index contributed by atoms with van der Waals surface area (Å²) in [5, 5.41) is 3.31. The van der Waals surface area contributed by atoms with E-state index in [0.29, 0.717) is 5.75 Å². The number of nitrogens with one attached hydrogen (secondary N) is 1. The van der Waals surface area contributed by atoms with Crippen molar-refractivity contribution in [2.24, 2.45) is 0 Å². The average Bonchev–Trinajstić information content (AvgIpc) is 2.28. The molecule has 5 heteroatoms. The number of rotatable bonds is 3. The van der Waals surface area contributed by atoms with E-state index >= 15 is 0 Å². The van der Waals surface area contributed by atoms with Crippen LogP contribution in [-0.4, -0.2) is 26.0 Å². The van der Waals surface area contributed by atoms with Gasteiger partial charge in [0.15, 0.2) is 9.84 Å². The van der Waals surface area contributed by atoms with E-state index in [9.17, 15) is 12.8 Å². The Morgan fingerprint density at radius 3 is 2.61 bits per heavy atom. The second-order valence-electron chi connectivity index (χ2n) is 4.89. The SMILES string of the molecule is C[C@H](NC1CCCS(=O)(=O)C1)c1ccc(F)cc1. The molecule has 0 aliphatic carbocycles. The van der Waals surface area contributed by atoms with E-state index in [1.165, 1.54) is 12.1 Å². The van der Waals surface area contributed by atoms with Gasteiger partial charge in [-0.3, -0.25) is 0 Å². The van der Waals surface area contributed by atoms with Gasteiger partial charge in [-0.2, -0.15) is 0 Å². The molecule has 100 valence electrons. The number of halogens is 1. The van der Waals surface area contributed by atoms with Gasteiger partial charge in [0.25, 0.3) is 0 Å². The molecule has 0 aromatic heterocycles. The monoisotopic (exact) mass is 271 g/mol. The summed E-state index contributed by atoms with van der Waals surface area (Å²) in [4.78, 5) is 0. The third-order valence-corrected chi connectivity index (χ3v) is 5.14. The first-order valence-corrected chi connectivity index (χ1v) is 8.00. The van der Waals surface area contributed by atoms with Gasteiger partial charge in [0.2, 0.25) is 0 Å². The lowest BCUT2D eigenvalue weighted by atomic mass is 10.1. The molecule has 3 nitrogen and oxygen atoms in total. The molecule has 0 spiro atoms. The molecule has 18 heavy (non-hydrogen) atoms. The minimum absolute atomic E-state index is 0.00352. The molecule has 1 aromatic rings. The van der Waals surface area contributed by atoms with Gasteiger partial charge < -0.3 is 5.32 Å². The van der Waals surface area contributed by atoms with Crippen molar-refractivity contribution < 1.29 is 12.8 Å². The fourth-order valence-corrected chi connectivity index (χ4v) is 4.00. The van der Waals surface area contributed by atoms with Crippen molar-refractivity contribution in [3.05, 3.63) is 35.6 Å². The second kappa shape index (κ2) is 5.36. The lowest BCUT2D eigenvalue weighted by Gasteiger charge is -2.26. The van der Waals surface area contributed by atoms with Crippen molar-refractivity contribution in [2.75, 3.05) is 11.5 Å². The predicted octanol–water partition coefficient (Wildman–Crippen LogP) is 2.05. The van der Waals surface area contributed by atoms with Crippen LogP contribution in [0.2, 0.25) is 0 Å². The predicted molar refractivity (Wildman–Crippen MR) is 69.6 cm³/mol. The van der Waals surface area contributed by atoms with Crippen molar-refractivity contribution in [1.29, 1.82) is 0 Å². The third-order valence-electron chi connectivity index (χ3n) is 3.32. The first kappa shape index (κ1) is 13.5. The highest BCUT2D eigenvalue weighted by Crippen LogP contribution is 2.18. The zero-order chi connectivity index (χ0) is 13.2. The fourth-order valence-electron chi connectivity index (χ4n) is 2.36. The van der Waals surface area contributed by atoms with Crippen LogP contribution in [0.4, 0.5) is 4.39 Å². The molecule has 1 saturated heterocycles. The summed E-state index contributed by atoms with van der Waals surface area (Å²) in [6, 6.07) is 6.33. The Bertz CT molecular complexity index is 498. The largest absolute Gasteiger partial charge is 0.306 e. The van der Waals surface area contributed by atoms with E-state index < -0.39 is 9.84 Å². The van der Waals surface area contributed by atoms with Crippen molar-refractivity contribution in [2.45, 2.75) is 31.8 Å². The van der Waals surface area contributed by atoms with Crippen LogP contribution in [0.1, 0.15) is 31.4 Å². The highest BCUT2D eigenvalue weighted by atomic mass is 32.2. The van der Waals surface area contributed by atoms with Crippen LogP contribution < -0.4 is 5.32 Å². The molecule has 0 bridgehead atoms. The zero-order valence-corrected chi connectivity index (χ0v) is 11.2. The standard InChI is InChI=1S/C13H18FNO2S/c1-10(11-4-6-12(14)7-5-11)15-13-3-2-8-18(16,17)9-13/h4-7,10,13,15H,2-3,8-9H2,1H3/t10-,13?/m0/s1. The van der Waals surface area contributed by atoms with Crippen molar-refractivity contribution in [3.63, 3.8) is 0 Å². The van der Waals surface area contributed by atoms with E-state index in [-0.39, 0.29) is 23.7 Å². The van der Waals surface area contributed by atoms with E-state index in [1.807, 2.05) is 6.92 Å². The summed E-state index contributed by atoms with van der Waals surface area (Å²) in [7, 11) is -2.89. The normalized spacial score (nSPS) is 24.7. The summed E-state index contributed by atoms with van der Waals surface area (Å²) < 4.78 is 35.9. The first-order valence-electron chi connectivity index (χ1n) is 6.18. The zero-order valence-electron chi connectivity index (χ0n) is 10.4. The lowest BCUT2D eigenvalue weighted by molar-refractivity contribution is 0.437. The molecule has 1 N–H and O–H groups in total. The Labute approximate surface area is 107 Å². The van der Waals surface area contributed by atoms with Crippen molar-refractivity contribution in [3.8, 4) is 0 Å². The highest BCUT2D eigenvalue weighted by Gasteiger charge is 2.25. The smallest absolute Gasteiger partial charge is 0.151 e. The number of hydrogen-bond donors (Lipinski definition) is 1. The van der Waals surface area contributed by atoms with Gasteiger partial charge in [0.05, 0.1) is 11.5 Å². The molecule has 1 heterocycles. The topological polar surface area (TPSA) is 46.2 Å². The van der Waals surface area contributed by atoms with Crippen LogP contribution in [-0.2, 0) is 9.84 Å². The maximum atomic E-state index is 12.8. The van der Waals surface area contributed by atoms with Gasteiger partial charge >= 0.3 is 0 Å². The van der Waals surface area contributed by atoms with Crippen LogP contribution in [0.5, 0.6) is 0 Å². The Kier molecular flexibility index (Phi) is 4.02. The lowest BCUT2D eigenvalue weighted by Crippen LogP contribution is -2.41. The fraction of sp³-hybridized carbons (Fsp3) is 0.538. The van der Waals surface area contributed by atoms with Crippen LogP contribution in [0.3, 0.4) is 0 Å². The first-order chi connectivity index (χ1) is 8.46. The van der Waals surface area contributed by atoms with Gasteiger partial charge in [-0.15, -0.1) is 0 Å². The quantitative estimate of drug-likeness (QED) is 0.915. The van der Waals surface area contributed by atoms with E-state index in [1.54, 1.807) is 12.1 Å². The van der Waals surface area contributed by atoms with Gasteiger partial charge in [-0.05, 0) is 37.5 Å². The maximum Gasteiger partial charge on any atom is 0.151 e. The molecular formula is C13H18FNO2S. The van der Waals surface area contributed by atoms with E-state index in [2.05, 4.69) is 5.32 Å². The third kappa shape index (κ3) is 3.53. The molecule has 0 radical (unpaired) electrons. The second-order valence-corrected chi connectivity index (χ2v) is 7.12. The number of sulfone groups is 1. The maximum absolute atomic E-state index is 12.8. The summed E-state index contributed by atoms with van der Waals surface area (Å²) in [5.74, 6) is 0.250. The molecule has 0 amide bonds. The minimum atomic E-state index is -2.89. The van der Waals surface area contributed by atoms with Crippen molar-refractivity contribution in [1.82, 2.24) is 5.32 Å². The number of benzene rings is 1. The Balaban J connectivity index is 1.99. The van der Waals surface area contributed by atoms with Gasteiger partial charge in [-0.1, -0.05) is 12.1 Å². The summed E-state index contributed by atoms with van der Waals surface area (Å²) >= 11 is 0. The van der Waals surface area contributed by atoms with Crippen LogP contribution in [0.25, 0.3) is 0 Å². The van der Waals surface area contributed by atoms with Gasteiger partial charge in [-0.25, -0.2) is 12.8 Å². The Hall–Kier alpha value is -0.940. The summed E-state index contributed by atoms with van der Waals surface area (Å²) in [6.07, 6.45) is 1.60. The molecule has 2 atom stereocenters. The molecule has 2 rings (SSSR count). The van der Waals surface area contributed by atoms with Gasteiger partial charge in [0.1, 0.15) is 5.82 Å². The Morgan fingerprint density at radius 1 is 1.33 bits per heavy atom. The molecular weight excluding hydrogens is 253 g/mol. The van der Waals surface area contributed by atoms with E-state index in [0.717, 1.165) is 18.4 Å². The van der Waals surface area contributed by atoms with Gasteiger partial charge in [0, 0.05) is 12.1 Å². The van der Waals surface area contributed by atoms with Crippen molar-refractivity contribution >= 4 is 9.84 Å². The molecule has 1 unspecified atom stereocenters. The molecule has 1 fully saturated rings. The minimum Gasteiger partial charge on any atom is -0.306 e. The van der Waals surface area contributed by atoms with Crippen LogP contribution in [0, 0.1) is 5.82 Å². The summed E-state index contributed by atoms with van der Waals surface area (Å²) in [5.41, 5.74) is 0.972.